The van der Waals surface area contributed by atoms with Gasteiger partial charge in [0.15, 0.2) is 6.10 Å². The lowest BCUT2D eigenvalue weighted by atomic mass is 10.2. The predicted octanol–water partition coefficient (Wildman–Crippen LogP) is 4.53. The minimum Gasteiger partial charge on any atom is -0.479 e. The van der Waals surface area contributed by atoms with Crippen LogP contribution in [0.3, 0.4) is 0 Å². The van der Waals surface area contributed by atoms with Crippen LogP contribution in [0.1, 0.15) is 6.92 Å². The van der Waals surface area contributed by atoms with Gasteiger partial charge < -0.3 is 14.6 Å². The number of hydrogen-bond acceptors (Lipinski definition) is 4. The van der Waals surface area contributed by atoms with Crippen molar-refractivity contribution in [1.82, 2.24) is 4.98 Å². The molecule has 0 saturated heterocycles. The zero-order valence-electron chi connectivity index (χ0n) is 12.8. The standard InChI is InChI=1S/C18H14ClNO4/c1-11(18(21)22)23-14-5-7-15(8-6-14)24-17-9-3-12-2-4-13(19)10-16(12)20-17/h2-11H,1H3,(H,21,22)/i18+1. The summed E-state index contributed by atoms with van der Waals surface area (Å²) in [5.74, 6) is 0.446. The second-order valence-corrected chi connectivity index (χ2v) is 5.59. The zero-order valence-corrected chi connectivity index (χ0v) is 13.5. The number of pyridine rings is 1. The number of rotatable bonds is 5. The van der Waals surface area contributed by atoms with E-state index in [0.29, 0.717) is 22.4 Å². The van der Waals surface area contributed by atoms with Gasteiger partial charge in [-0.3, -0.25) is 0 Å². The van der Waals surface area contributed by atoms with Gasteiger partial charge >= 0.3 is 5.97 Å². The van der Waals surface area contributed by atoms with Crippen LogP contribution in [-0.2, 0) is 4.79 Å². The molecule has 0 aliphatic heterocycles. The fourth-order valence-electron chi connectivity index (χ4n) is 2.09. The van der Waals surface area contributed by atoms with Gasteiger partial charge in [0.1, 0.15) is 11.5 Å². The summed E-state index contributed by atoms with van der Waals surface area (Å²) in [5.41, 5.74) is 0.746. The average molecular weight is 345 g/mol. The fourth-order valence-corrected chi connectivity index (χ4v) is 2.26. The van der Waals surface area contributed by atoms with E-state index in [1.807, 2.05) is 18.2 Å². The molecule has 1 unspecified atom stereocenters. The van der Waals surface area contributed by atoms with E-state index < -0.39 is 12.1 Å². The molecule has 1 heterocycles. The van der Waals surface area contributed by atoms with E-state index in [2.05, 4.69) is 4.98 Å². The smallest absolute Gasteiger partial charge is 0.344 e. The Morgan fingerprint density at radius 1 is 1.08 bits per heavy atom. The summed E-state index contributed by atoms with van der Waals surface area (Å²) in [6, 6.07) is 15.8. The summed E-state index contributed by atoms with van der Waals surface area (Å²) in [7, 11) is 0. The first kappa shape index (κ1) is 16.1. The van der Waals surface area contributed by atoms with Crippen molar-refractivity contribution in [3.05, 3.63) is 59.6 Å². The maximum Gasteiger partial charge on any atom is 0.344 e. The maximum atomic E-state index is 10.8. The van der Waals surface area contributed by atoms with Crippen LogP contribution in [0.4, 0.5) is 0 Å². The SMILES string of the molecule is CC(Oc1ccc(Oc2ccc3ccc(Cl)cc3n2)cc1)[13C](=O)O. The van der Waals surface area contributed by atoms with Crippen molar-refractivity contribution < 1.29 is 19.4 Å². The number of nitrogens with zero attached hydrogens (tertiary/aromatic N) is 1. The van der Waals surface area contributed by atoms with Crippen molar-refractivity contribution in [2.75, 3.05) is 0 Å². The summed E-state index contributed by atoms with van der Waals surface area (Å²) in [5, 5.41) is 10.4. The Hall–Kier alpha value is -2.79. The number of ether oxygens (including phenoxy) is 2. The lowest BCUT2D eigenvalue weighted by Gasteiger charge is -2.11. The molecule has 24 heavy (non-hydrogen) atoms. The molecule has 1 aromatic heterocycles. The highest BCUT2D eigenvalue weighted by molar-refractivity contribution is 6.31. The second-order valence-electron chi connectivity index (χ2n) is 5.16. The Balaban J connectivity index is 1.75. The second kappa shape index (κ2) is 6.76. The van der Waals surface area contributed by atoms with Gasteiger partial charge in [0, 0.05) is 16.5 Å². The van der Waals surface area contributed by atoms with Crippen LogP contribution in [0, 0.1) is 0 Å². The van der Waals surface area contributed by atoms with Crippen molar-refractivity contribution in [3.8, 4) is 17.4 Å². The highest BCUT2D eigenvalue weighted by Gasteiger charge is 2.12. The van der Waals surface area contributed by atoms with Crippen molar-refractivity contribution in [2.24, 2.45) is 0 Å². The largest absolute Gasteiger partial charge is 0.479 e. The molecule has 0 fully saturated rings. The average Bonchev–Trinajstić information content (AvgIpc) is 2.56. The molecule has 0 radical (unpaired) electrons. The Morgan fingerprint density at radius 3 is 2.46 bits per heavy atom. The normalized spacial score (nSPS) is 11.9. The van der Waals surface area contributed by atoms with Crippen molar-refractivity contribution in [1.29, 1.82) is 0 Å². The highest BCUT2D eigenvalue weighted by Crippen LogP contribution is 2.26. The molecule has 1 atom stereocenters. The molecule has 0 aliphatic carbocycles. The highest BCUT2D eigenvalue weighted by atomic mass is 35.5. The summed E-state index contributed by atoms with van der Waals surface area (Å²) >= 11 is 5.98. The van der Waals surface area contributed by atoms with Crippen molar-refractivity contribution >= 4 is 28.5 Å². The maximum absolute atomic E-state index is 10.8. The molecule has 3 rings (SSSR count). The molecule has 1 N–H and O–H groups in total. The quantitative estimate of drug-likeness (QED) is 0.688. The van der Waals surface area contributed by atoms with E-state index in [0.717, 1.165) is 10.9 Å². The Kier molecular flexibility index (Phi) is 4.53. The Morgan fingerprint density at radius 2 is 1.75 bits per heavy atom. The zero-order chi connectivity index (χ0) is 17.1. The summed E-state index contributed by atoms with van der Waals surface area (Å²) < 4.78 is 11.0. The molecule has 0 bridgehead atoms. The Bertz CT molecular complexity index is 880. The number of carbonyl (C=O) groups is 1. The van der Waals surface area contributed by atoms with Crippen LogP contribution in [-0.4, -0.2) is 22.2 Å². The van der Waals surface area contributed by atoms with E-state index in [9.17, 15) is 4.79 Å². The van der Waals surface area contributed by atoms with Gasteiger partial charge in [-0.25, -0.2) is 9.78 Å². The third kappa shape index (κ3) is 3.75. The van der Waals surface area contributed by atoms with Gasteiger partial charge in [0.2, 0.25) is 5.88 Å². The van der Waals surface area contributed by atoms with Gasteiger partial charge in [-0.05, 0) is 49.4 Å². The third-order valence-electron chi connectivity index (χ3n) is 3.34. The number of benzene rings is 2. The molecule has 0 spiro atoms. The Labute approximate surface area is 143 Å². The monoisotopic (exact) mass is 344 g/mol. The summed E-state index contributed by atoms with van der Waals surface area (Å²) in [6.45, 7) is 1.47. The first-order valence-corrected chi connectivity index (χ1v) is 7.63. The molecule has 5 nitrogen and oxygen atoms in total. The van der Waals surface area contributed by atoms with E-state index >= 15 is 0 Å². The summed E-state index contributed by atoms with van der Waals surface area (Å²) in [6.07, 6.45) is -0.913. The molecule has 6 heteroatoms. The molecular weight excluding hydrogens is 331 g/mol. The molecule has 0 amide bonds. The predicted molar refractivity (Wildman–Crippen MR) is 91.0 cm³/mol. The van der Waals surface area contributed by atoms with Gasteiger partial charge in [0.05, 0.1) is 5.52 Å². The van der Waals surface area contributed by atoms with E-state index in [1.54, 1.807) is 36.4 Å². The molecule has 122 valence electrons. The third-order valence-corrected chi connectivity index (χ3v) is 3.57. The van der Waals surface area contributed by atoms with Crippen LogP contribution >= 0.6 is 11.6 Å². The minimum atomic E-state index is -1.02. The fraction of sp³-hybridized carbons (Fsp3) is 0.111. The van der Waals surface area contributed by atoms with Crippen molar-refractivity contribution in [2.45, 2.75) is 13.0 Å². The number of carboxylic acids is 1. The molecule has 2 aromatic carbocycles. The molecular formula is C18H14ClNO4. The van der Waals surface area contributed by atoms with E-state index in [1.165, 1.54) is 6.92 Å². The number of aromatic nitrogens is 1. The first-order valence-electron chi connectivity index (χ1n) is 7.25. The minimum absolute atomic E-state index is 0.442. The number of carboxylic acid groups (broad SMARTS) is 1. The van der Waals surface area contributed by atoms with Gasteiger partial charge in [-0.15, -0.1) is 0 Å². The van der Waals surface area contributed by atoms with Crippen LogP contribution in [0.2, 0.25) is 5.02 Å². The van der Waals surface area contributed by atoms with Gasteiger partial charge in [-0.1, -0.05) is 17.7 Å². The molecule has 0 aliphatic rings. The lowest BCUT2D eigenvalue weighted by molar-refractivity contribution is -0.144. The first-order chi connectivity index (χ1) is 11.5. The van der Waals surface area contributed by atoms with Crippen LogP contribution in [0.15, 0.2) is 54.6 Å². The van der Waals surface area contributed by atoms with Crippen LogP contribution in [0.25, 0.3) is 10.9 Å². The number of fused-ring (bicyclic) bond motifs is 1. The van der Waals surface area contributed by atoms with Crippen LogP contribution in [0.5, 0.6) is 17.4 Å². The number of halogens is 1. The lowest BCUT2D eigenvalue weighted by Crippen LogP contribution is -2.22. The van der Waals surface area contributed by atoms with E-state index in [4.69, 9.17) is 26.2 Å². The summed E-state index contributed by atoms with van der Waals surface area (Å²) in [4.78, 5) is 15.2. The molecule has 3 aromatic rings. The molecule has 0 saturated carbocycles. The van der Waals surface area contributed by atoms with Crippen LogP contribution < -0.4 is 9.47 Å². The van der Waals surface area contributed by atoms with Crippen molar-refractivity contribution in [3.63, 3.8) is 0 Å². The topological polar surface area (TPSA) is 68.7 Å². The number of aliphatic carboxylic acids is 1. The van der Waals surface area contributed by atoms with Gasteiger partial charge in [-0.2, -0.15) is 0 Å². The number of hydrogen-bond donors (Lipinski definition) is 1. The van der Waals surface area contributed by atoms with E-state index in [-0.39, 0.29) is 0 Å². The van der Waals surface area contributed by atoms with Gasteiger partial charge in [0.25, 0.3) is 0 Å².